The van der Waals surface area contributed by atoms with Crippen LogP contribution < -0.4 is 5.73 Å². The summed E-state index contributed by atoms with van der Waals surface area (Å²) in [6.45, 7) is 1.12. The highest BCUT2D eigenvalue weighted by Crippen LogP contribution is 2.14. The van der Waals surface area contributed by atoms with E-state index in [4.69, 9.17) is 10.5 Å². The van der Waals surface area contributed by atoms with E-state index in [0.717, 1.165) is 15.6 Å². The second-order valence-corrected chi connectivity index (χ2v) is 5.34. The third kappa shape index (κ3) is 4.98. The van der Waals surface area contributed by atoms with Gasteiger partial charge in [-0.25, -0.2) is 4.39 Å². The Labute approximate surface area is 132 Å². The van der Waals surface area contributed by atoms with Crippen LogP contribution in [-0.2, 0) is 18.0 Å². The van der Waals surface area contributed by atoms with E-state index in [1.807, 2.05) is 24.3 Å². The van der Waals surface area contributed by atoms with E-state index in [1.54, 1.807) is 6.07 Å². The summed E-state index contributed by atoms with van der Waals surface area (Å²) in [5, 5.41) is 0. The third-order valence-corrected chi connectivity index (χ3v) is 3.37. The fourth-order valence-electron chi connectivity index (χ4n) is 1.80. The lowest BCUT2D eigenvalue weighted by molar-refractivity contribution is 0.107. The first-order valence-electron chi connectivity index (χ1n) is 6.48. The van der Waals surface area contributed by atoms with Crippen LogP contribution in [0.4, 0.5) is 4.39 Å². The molecule has 0 unspecified atom stereocenters. The molecule has 108 valence electrons. The number of ether oxygens (including phenoxy) is 1. The van der Waals surface area contributed by atoms with Crippen LogP contribution in [0, 0.1) is 17.7 Å². The maximum Gasteiger partial charge on any atom is 0.124 e. The summed E-state index contributed by atoms with van der Waals surface area (Å²) in [5.41, 5.74) is 7.91. The second-order valence-electron chi connectivity index (χ2n) is 4.43. The van der Waals surface area contributed by atoms with Crippen LogP contribution in [0.15, 0.2) is 46.9 Å². The van der Waals surface area contributed by atoms with Gasteiger partial charge in [0.05, 0.1) is 19.8 Å². The molecule has 0 spiro atoms. The number of halogens is 2. The second kappa shape index (κ2) is 7.94. The van der Waals surface area contributed by atoms with Crippen molar-refractivity contribution in [3.8, 4) is 11.8 Å². The lowest BCUT2D eigenvalue weighted by Crippen LogP contribution is -1.98. The summed E-state index contributed by atoms with van der Waals surface area (Å²) in [6.07, 6.45) is 0. The van der Waals surface area contributed by atoms with Crippen molar-refractivity contribution in [2.24, 2.45) is 5.73 Å². The van der Waals surface area contributed by atoms with Crippen molar-refractivity contribution in [1.82, 2.24) is 0 Å². The van der Waals surface area contributed by atoms with Gasteiger partial charge in [-0.05, 0) is 35.4 Å². The average molecular weight is 348 g/mol. The Hall–Kier alpha value is -1.67. The first kappa shape index (κ1) is 15.7. The van der Waals surface area contributed by atoms with E-state index in [9.17, 15) is 4.39 Å². The molecular weight excluding hydrogens is 333 g/mol. The summed E-state index contributed by atoms with van der Waals surface area (Å²) >= 11 is 3.39. The first-order valence-corrected chi connectivity index (χ1v) is 7.28. The van der Waals surface area contributed by atoms with Gasteiger partial charge in [-0.2, -0.15) is 0 Å². The molecule has 0 aromatic heterocycles. The predicted octanol–water partition coefficient (Wildman–Crippen LogP) is 3.62. The standard InChI is InChI=1S/C17H15BrFNO/c18-16-6-3-13(4-7-16)11-21-12-15-5-8-17(19)10-14(15)2-1-9-20/h3-8,10H,9,11-12,20H2. The van der Waals surface area contributed by atoms with E-state index in [2.05, 4.69) is 27.8 Å². The molecule has 0 heterocycles. The molecule has 2 aromatic rings. The Kier molecular flexibility index (Phi) is 5.94. The molecule has 4 heteroatoms. The molecule has 0 saturated heterocycles. The third-order valence-electron chi connectivity index (χ3n) is 2.84. The Morgan fingerprint density at radius 1 is 1.10 bits per heavy atom. The monoisotopic (exact) mass is 347 g/mol. The number of benzene rings is 2. The molecule has 0 aliphatic heterocycles. The van der Waals surface area contributed by atoms with E-state index in [1.165, 1.54) is 12.1 Å². The summed E-state index contributed by atoms with van der Waals surface area (Å²) in [5.74, 6) is 5.29. The maximum absolute atomic E-state index is 13.3. The SMILES string of the molecule is NCC#Cc1cc(F)ccc1COCc1ccc(Br)cc1. The van der Waals surface area contributed by atoms with Gasteiger partial charge in [0, 0.05) is 10.0 Å². The fourth-order valence-corrected chi connectivity index (χ4v) is 2.06. The number of hydrogen-bond donors (Lipinski definition) is 1. The first-order chi connectivity index (χ1) is 10.2. The van der Waals surface area contributed by atoms with Crippen LogP contribution in [0.1, 0.15) is 16.7 Å². The summed E-state index contributed by atoms with van der Waals surface area (Å²) in [6, 6.07) is 12.4. The molecule has 2 rings (SSSR count). The van der Waals surface area contributed by atoms with Crippen molar-refractivity contribution in [3.05, 3.63) is 69.4 Å². The van der Waals surface area contributed by atoms with E-state index in [0.29, 0.717) is 18.8 Å². The average Bonchev–Trinajstić information content (AvgIpc) is 2.49. The minimum absolute atomic E-state index is 0.246. The van der Waals surface area contributed by atoms with Gasteiger partial charge in [-0.3, -0.25) is 0 Å². The van der Waals surface area contributed by atoms with Crippen molar-refractivity contribution in [3.63, 3.8) is 0 Å². The Balaban J connectivity index is 2.01. The van der Waals surface area contributed by atoms with Gasteiger partial charge in [0.15, 0.2) is 0 Å². The lowest BCUT2D eigenvalue weighted by atomic mass is 10.1. The van der Waals surface area contributed by atoms with Gasteiger partial charge in [0.25, 0.3) is 0 Å². The molecule has 2 N–H and O–H groups in total. The van der Waals surface area contributed by atoms with Crippen LogP contribution in [0.25, 0.3) is 0 Å². The smallest absolute Gasteiger partial charge is 0.124 e. The van der Waals surface area contributed by atoms with Gasteiger partial charge in [0.2, 0.25) is 0 Å². The van der Waals surface area contributed by atoms with E-state index >= 15 is 0 Å². The number of hydrogen-bond acceptors (Lipinski definition) is 2. The van der Waals surface area contributed by atoms with Crippen molar-refractivity contribution in [2.45, 2.75) is 13.2 Å². The zero-order valence-electron chi connectivity index (χ0n) is 11.4. The highest BCUT2D eigenvalue weighted by atomic mass is 79.9. The topological polar surface area (TPSA) is 35.2 Å². The van der Waals surface area contributed by atoms with Crippen LogP contribution >= 0.6 is 15.9 Å². The molecule has 0 atom stereocenters. The Morgan fingerprint density at radius 2 is 1.86 bits per heavy atom. The summed E-state index contributed by atoms with van der Waals surface area (Å²) in [4.78, 5) is 0. The Bertz CT molecular complexity index is 659. The number of rotatable bonds is 4. The predicted molar refractivity (Wildman–Crippen MR) is 85.0 cm³/mol. The lowest BCUT2D eigenvalue weighted by Gasteiger charge is -2.07. The Morgan fingerprint density at radius 3 is 2.57 bits per heavy atom. The van der Waals surface area contributed by atoms with Crippen molar-refractivity contribution in [1.29, 1.82) is 0 Å². The van der Waals surface area contributed by atoms with Crippen LogP contribution in [0.2, 0.25) is 0 Å². The van der Waals surface area contributed by atoms with E-state index < -0.39 is 0 Å². The maximum atomic E-state index is 13.3. The fraction of sp³-hybridized carbons (Fsp3) is 0.176. The quantitative estimate of drug-likeness (QED) is 0.857. The van der Waals surface area contributed by atoms with Crippen LogP contribution in [0.5, 0.6) is 0 Å². The normalized spacial score (nSPS) is 10.0. The zero-order chi connectivity index (χ0) is 15.1. The minimum atomic E-state index is -0.312. The molecule has 0 amide bonds. The largest absolute Gasteiger partial charge is 0.372 e. The van der Waals surface area contributed by atoms with Crippen molar-refractivity contribution < 1.29 is 9.13 Å². The molecule has 0 radical (unpaired) electrons. The highest BCUT2D eigenvalue weighted by Gasteiger charge is 2.03. The van der Waals surface area contributed by atoms with Gasteiger partial charge in [-0.15, -0.1) is 0 Å². The molecular formula is C17H15BrFNO. The molecule has 0 aliphatic rings. The molecule has 0 fully saturated rings. The molecule has 0 aliphatic carbocycles. The summed E-state index contributed by atoms with van der Waals surface area (Å²) in [7, 11) is 0. The van der Waals surface area contributed by atoms with Gasteiger partial charge < -0.3 is 10.5 Å². The van der Waals surface area contributed by atoms with E-state index in [-0.39, 0.29) is 12.4 Å². The molecule has 2 aromatic carbocycles. The molecule has 2 nitrogen and oxygen atoms in total. The van der Waals surface area contributed by atoms with Crippen molar-refractivity contribution in [2.75, 3.05) is 6.54 Å². The summed E-state index contributed by atoms with van der Waals surface area (Å²) < 4.78 is 20.0. The highest BCUT2D eigenvalue weighted by molar-refractivity contribution is 9.10. The van der Waals surface area contributed by atoms with Gasteiger partial charge in [-0.1, -0.05) is 46.0 Å². The van der Waals surface area contributed by atoms with Gasteiger partial charge >= 0.3 is 0 Å². The number of nitrogens with two attached hydrogens (primary N) is 1. The van der Waals surface area contributed by atoms with Crippen LogP contribution in [0.3, 0.4) is 0 Å². The molecule has 21 heavy (non-hydrogen) atoms. The van der Waals surface area contributed by atoms with Crippen molar-refractivity contribution >= 4 is 15.9 Å². The molecule has 0 saturated carbocycles. The van der Waals surface area contributed by atoms with Gasteiger partial charge in [0.1, 0.15) is 5.82 Å². The molecule has 0 bridgehead atoms. The zero-order valence-corrected chi connectivity index (χ0v) is 13.0. The van der Waals surface area contributed by atoms with Crippen LogP contribution in [-0.4, -0.2) is 6.54 Å². The minimum Gasteiger partial charge on any atom is -0.372 e.